The lowest BCUT2D eigenvalue weighted by Gasteiger charge is -2.21. The molecule has 1 aliphatic rings. The maximum Gasteiger partial charge on any atom is 0.188 e. The molecule has 1 fully saturated rings. The van der Waals surface area contributed by atoms with Crippen LogP contribution >= 0.6 is 0 Å². The van der Waals surface area contributed by atoms with Gasteiger partial charge in [-0.15, -0.1) is 0 Å². The Labute approximate surface area is 105 Å². The highest BCUT2D eigenvalue weighted by atomic mass is 19.2. The van der Waals surface area contributed by atoms with Gasteiger partial charge in [0, 0.05) is 5.56 Å². The van der Waals surface area contributed by atoms with Crippen molar-refractivity contribution in [3.8, 4) is 0 Å². The third kappa shape index (κ3) is 3.35. The molecule has 1 aromatic carbocycles. The van der Waals surface area contributed by atoms with Gasteiger partial charge in [0.05, 0.1) is 6.10 Å². The van der Waals surface area contributed by atoms with Gasteiger partial charge in [0.15, 0.2) is 17.4 Å². The van der Waals surface area contributed by atoms with Crippen molar-refractivity contribution >= 4 is 5.78 Å². The quantitative estimate of drug-likeness (QED) is 0.769. The zero-order valence-electron chi connectivity index (χ0n) is 10.1. The molecule has 18 heavy (non-hydrogen) atoms. The van der Waals surface area contributed by atoms with E-state index in [4.69, 9.17) is 4.74 Å². The molecule has 0 heterocycles. The summed E-state index contributed by atoms with van der Waals surface area (Å²) in [5, 5.41) is 0. The summed E-state index contributed by atoms with van der Waals surface area (Å²) in [5.74, 6) is -2.25. The lowest BCUT2D eigenvalue weighted by Crippen LogP contribution is -2.21. The number of benzene rings is 1. The number of hydrogen-bond acceptors (Lipinski definition) is 2. The van der Waals surface area contributed by atoms with Gasteiger partial charge in [-0.2, -0.15) is 0 Å². The van der Waals surface area contributed by atoms with Crippen molar-refractivity contribution < 1.29 is 18.3 Å². The van der Waals surface area contributed by atoms with E-state index in [0.29, 0.717) is 0 Å². The van der Waals surface area contributed by atoms with Crippen LogP contribution in [0, 0.1) is 11.6 Å². The second kappa shape index (κ2) is 6.05. The Bertz CT molecular complexity index is 426. The Balaban J connectivity index is 1.88. The zero-order chi connectivity index (χ0) is 13.0. The van der Waals surface area contributed by atoms with Crippen LogP contribution in [0.5, 0.6) is 0 Å². The van der Waals surface area contributed by atoms with Crippen molar-refractivity contribution in [2.75, 3.05) is 6.61 Å². The first-order valence-corrected chi connectivity index (χ1v) is 6.26. The second-order valence-corrected chi connectivity index (χ2v) is 4.62. The minimum atomic E-state index is -1.00. The number of ether oxygens (including phenoxy) is 1. The smallest absolute Gasteiger partial charge is 0.188 e. The van der Waals surface area contributed by atoms with Gasteiger partial charge >= 0.3 is 0 Å². The Morgan fingerprint density at radius 2 is 1.89 bits per heavy atom. The molecule has 0 aromatic heterocycles. The molecular weight excluding hydrogens is 238 g/mol. The molecule has 4 heteroatoms. The van der Waals surface area contributed by atoms with E-state index in [1.807, 2.05) is 0 Å². The molecule has 0 amide bonds. The Morgan fingerprint density at radius 1 is 1.17 bits per heavy atom. The molecule has 0 aliphatic heterocycles. The molecule has 2 rings (SSSR count). The summed E-state index contributed by atoms with van der Waals surface area (Å²) in [6.45, 7) is -0.0598. The highest BCUT2D eigenvalue weighted by molar-refractivity contribution is 5.97. The van der Waals surface area contributed by atoms with E-state index in [2.05, 4.69) is 0 Å². The normalized spacial score (nSPS) is 16.8. The standard InChI is InChI=1S/C14H16F2O2/c15-12-7-6-10(8-13(12)16)14(17)9-18-11-4-2-1-3-5-11/h6-8,11H,1-5,9H2. The topological polar surface area (TPSA) is 26.3 Å². The fourth-order valence-corrected chi connectivity index (χ4v) is 2.18. The van der Waals surface area contributed by atoms with Gasteiger partial charge in [-0.05, 0) is 31.0 Å². The van der Waals surface area contributed by atoms with E-state index in [1.54, 1.807) is 0 Å². The summed E-state index contributed by atoms with van der Waals surface area (Å²) in [5.41, 5.74) is 0.157. The number of rotatable bonds is 4. The van der Waals surface area contributed by atoms with Crippen molar-refractivity contribution in [1.29, 1.82) is 0 Å². The largest absolute Gasteiger partial charge is 0.370 e. The Morgan fingerprint density at radius 3 is 2.56 bits per heavy atom. The highest BCUT2D eigenvalue weighted by Gasteiger charge is 2.16. The van der Waals surface area contributed by atoms with Crippen molar-refractivity contribution in [2.24, 2.45) is 0 Å². The Kier molecular flexibility index (Phi) is 4.42. The first-order chi connectivity index (χ1) is 8.66. The molecule has 0 atom stereocenters. The maximum atomic E-state index is 13.0. The van der Waals surface area contributed by atoms with E-state index >= 15 is 0 Å². The summed E-state index contributed by atoms with van der Waals surface area (Å²) in [6.07, 6.45) is 5.56. The molecule has 2 nitrogen and oxygen atoms in total. The maximum absolute atomic E-state index is 13.0. The summed E-state index contributed by atoms with van der Waals surface area (Å²) < 4.78 is 31.2. The molecule has 1 aliphatic carbocycles. The van der Waals surface area contributed by atoms with Crippen LogP contribution in [0.25, 0.3) is 0 Å². The SMILES string of the molecule is O=C(COC1CCCCC1)c1ccc(F)c(F)c1. The first-order valence-electron chi connectivity index (χ1n) is 6.26. The number of hydrogen-bond donors (Lipinski definition) is 0. The molecule has 0 spiro atoms. The number of Topliss-reactive ketones (excluding diaryl/α,β-unsaturated/α-hetero) is 1. The number of carbonyl (C=O) groups excluding carboxylic acids is 1. The van der Waals surface area contributed by atoms with E-state index in [1.165, 1.54) is 12.5 Å². The van der Waals surface area contributed by atoms with E-state index < -0.39 is 11.6 Å². The van der Waals surface area contributed by atoms with Crippen LogP contribution in [0.3, 0.4) is 0 Å². The average molecular weight is 254 g/mol. The molecule has 0 radical (unpaired) electrons. The third-order valence-corrected chi connectivity index (χ3v) is 3.24. The van der Waals surface area contributed by atoms with Gasteiger partial charge in [-0.1, -0.05) is 19.3 Å². The fourth-order valence-electron chi connectivity index (χ4n) is 2.18. The molecule has 1 saturated carbocycles. The third-order valence-electron chi connectivity index (χ3n) is 3.24. The predicted molar refractivity (Wildman–Crippen MR) is 63.5 cm³/mol. The van der Waals surface area contributed by atoms with Crippen LogP contribution in [0.1, 0.15) is 42.5 Å². The number of carbonyl (C=O) groups is 1. The van der Waals surface area contributed by atoms with Crippen molar-refractivity contribution in [3.05, 3.63) is 35.4 Å². The number of ketones is 1. The fraction of sp³-hybridized carbons (Fsp3) is 0.500. The van der Waals surface area contributed by atoms with Crippen molar-refractivity contribution in [2.45, 2.75) is 38.2 Å². The number of halogens is 2. The summed E-state index contributed by atoms with van der Waals surface area (Å²) >= 11 is 0. The van der Waals surface area contributed by atoms with E-state index in [0.717, 1.165) is 37.8 Å². The van der Waals surface area contributed by atoms with Crippen LogP contribution in [-0.4, -0.2) is 18.5 Å². The Hall–Kier alpha value is -1.29. The molecule has 0 N–H and O–H groups in total. The molecular formula is C14H16F2O2. The van der Waals surface area contributed by atoms with Gasteiger partial charge in [0.1, 0.15) is 6.61 Å². The van der Waals surface area contributed by atoms with Crippen LogP contribution in [0.15, 0.2) is 18.2 Å². The second-order valence-electron chi connectivity index (χ2n) is 4.62. The monoisotopic (exact) mass is 254 g/mol. The minimum Gasteiger partial charge on any atom is -0.370 e. The highest BCUT2D eigenvalue weighted by Crippen LogP contribution is 2.20. The first kappa shape index (κ1) is 13.1. The van der Waals surface area contributed by atoms with Gasteiger partial charge < -0.3 is 4.74 Å². The summed E-state index contributed by atoms with van der Waals surface area (Å²) in [6, 6.07) is 3.16. The van der Waals surface area contributed by atoms with Gasteiger partial charge in [-0.3, -0.25) is 4.79 Å². The van der Waals surface area contributed by atoms with Gasteiger partial charge in [0.25, 0.3) is 0 Å². The van der Waals surface area contributed by atoms with E-state index in [9.17, 15) is 13.6 Å². The van der Waals surface area contributed by atoms with Crippen LogP contribution in [-0.2, 0) is 4.74 Å². The molecule has 0 unspecified atom stereocenters. The summed E-state index contributed by atoms with van der Waals surface area (Å²) in [4.78, 5) is 11.7. The van der Waals surface area contributed by atoms with Crippen molar-refractivity contribution in [3.63, 3.8) is 0 Å². The van der Waals surface area contributed by atoms with Crippen molar-refractivity contribution in [1.82, 2.24) is 0 Å². The van der Waals surface area contributed by atoms with Gasteiger partial charge in [-0.25, -0.2) is 8.78 Å². The van der Waals surface area contributed by atoms with Crippen LogP contribution in [0.2, 0.25) is 0 Å². The van der Waals surface area contributed by atoms with Crippen LogP contribution in [0.4, 0.5) is 8.78 Å². The lowest BCUT2D eigenvalue weighted by atomic mass is 9.98. The molecule has 98 valence electrons. The molecule has 0 bridgehead atoms. The van der Waals surface area contributed by atoms with Crippen LogP contribution < -0.4 is 0 Å². The lowest BCUT2D eigenvalue weighted by molar-refractivity contribution is 0.0284. The minimum absolute atomic E-state index is 0.0598. The summed E-state index contributed by atoms with van der Waals surface area (Å²) in [7, 11) is 0. The zero-order valence-corrected chi connectivity index (χ0v) is 10.1. The molecule has 1 aromatic rings. The average Bonchev–Trinajstić information content (AvgIpc) is 2.40. The van der Waals surface area contributed by atoms with Gasteiger partial charge in [0.2, 0.25) is 0 Å². The molecule has 0 saturated heterocycles. The van der Waals surface area contributed by atoms with E-state index in [-0.39, 0.29) is 24.1 Å². The predicted octanol–water partition coefficient (Wildman–Crippen LogP) is 3.50.